The van der Waals surface area contributed by atoms with E-state index in [1.807, 2.05) is 0 Å². The van der Waals surface area contributed by atoms with Gasteiger partial charge in [0.1, 0.15) is 0 Å². The molecule has 0 bridgehead atoms. The predicted molar refractivity (Wildman–Crippen MR) is 87.1 cm³/mol. The summed E-state index contributed by atoms with van der Waals surface area (Å²) >= 11 is 0. The maximum Gasteiger partial charge on any atom is 0.0412 e. The van der Waals surface area contributed by atoms with Crippen molar-refractivity contribution in [3.05, 3.63) is 71.3 Å². The summed E-state index contributed by atoms with van der Waals surface area (Å²) in [6.07, 6.45) is 0. The molecule has 1 heteroatoms. The minimum absolute atomic E-state index is 0.0481. The van der Waals surface area contributed by atoms with Crippen LogP contribution in [0.1, 0.15) is 43.5 Å². The Morgan fingerprint density at radius 3 is 2.10 bits per heavy atom. The average molecular weight is 267 g/mol. The first-order valence-corrected chi connectivity index (χ1v) is 7.41. The highest BCUT2D eigenvalue weighted by molar-refractivity contribution is 5.33. The minimum atomic E-state index is 0.0481. The topological polar surface area (TPSA) is 12.0 Å². The molecule has 2 aromatic carbocycles. The van der Waals surface area contributed by atoms with Crippen LogP contribution >= 0.6 is 0 Å². The normalized spacial score (nSPS) is 13.2. The highest BCUT2D eigenvalue weighted by Crippen LogP contribution is 2.36. The SMILES string of the molecule is CCNC(c1ccc(C)cc1)C(C)(C)c1ccccc1. The number of hydrogen-bond acceptors (Lipinski definition) is 1. The summed E-state index contributed by atoms with van der Waals surface area (Å²) in [5, 5.41) is 3.66. The van der Waals surface area contributed by atoms with Crippen LogP contribution < -0.4 is 5.32 Å². The van der Waals surface area contributed by atoms with Crippen LogP contribution in [0.5, 0.6) is 0 Å². The molecule has 20 heavy (non-hydrogen) atoms. The van der Waals surface area contributed by atoms with Gasteiger partial charge in [0.2, 0.25) is 0 Å². The van der Waals surface area contributed by atoms with Crippen molar-refractivity contribution in [2.45, 2.75) is 39.2 Å². The summed E-state index contributed by atoms with van der Waals surface area (Å²) in [5.41, 5.74) is 4.08. The molecule has 2 aromatic rings. The molecular weight excluding hydrogens is 242 g/mol. The quantitative estimate of drug-likeness (QED) is 0.833. The maximum absolute atomic E-state index is 3.66. The maximum atomic E-state index is 3.66. The van der Waals surface area contributed by atoms with Crippen LogP contribution in [0.15, 0.2) is 54.6 Å². The zero-order valence-electron chi connectivity index (χ0n) is 13.0. The molecule has 2 rings (SSSR count). The number of likely N-dealkylation sites (N-methyl/N-ethyl adjacent to an activating group) is 1. The van der Waals surface area contributed by atoms with Crippen molar-refractivity contribution < 1.29 is 0 Å². The molecule has 106 valence electrons. The van der Waals surface area contributed by atoms with Gasteiger partial charge in [0.05, 0.1) is 0 Å². The monoisotopic (exact) mass is 267 g/mol. The molecular formula is C19H25N. The fourth-order valence-electron chi connectivity index (χ4n) is 2.79. The van der Waals surface area contributed by atoms with E-state index in [1.165, 1.54) is 16.7 Å². The van der Waals surface area contributed by atoms with Crippen molar-refractivity contribution >= 4 is 0 Å². The van der Waals surface area contributed by atoms with E-state index in [0.29, 0.717) is 6.04 Å². The van der Waals surface area contributed by atoms with Gasteiger partial charge in [0, 0.05) is 11.5 Å². The van der Waals surface area contributed by atoms with Gasteiger partial charge in [-0.3, -0.25) is 0 Å². The summed E-state index contributed by atoms with van der Waals surface area (Å²) < 4.78 is 0. The van der Waals surface area contributed by atoms with Gasteiger partial charge in [-0.15, -0.1) is 0 Å². The van der Waals surface area contributed by atoms with Crippen molar-refractivity contribution in [1.82, 2.24) is 5.32 Å². The predicted octanol–water partition coefficient (Wildman–Crippen LogP) is 4.62. The fourth-order valence-corrected chi connectivity index (χ4v) is 2.79. The highest BCUT2D eigenvalue weighted by atomic mass is 14.9. The molecule has 1 unspecified atom stereocenters. The highest BCUT2D eigenvalue weighted by Gasteiger charge is 2.31. The Morgan fingerprint density at radius 1 is 0.950 bits per heavy atom. The van der Waals surface area contributed by atoms with E-state index in [9.17, 15) is 0 Å². The lowest BCUT2D eigenvalue weighted by atomic mass is 9.75. The zero-order valence-corrected chi connectivity index (χ0v) is 13.0. The molecule has 0 spiro atoms. The minimum Gasteiger partial charge on any atom is -0.309 e. The van der Waals surface area contributed by atoms with Gasteiger partial charge in [-0.2, -0.15) is 0 Å². The van der Waals surface area contributed by atoms with E-state index >= 15 is 0 Å². The zero-order chi connectivity index (χ0) is 14.6. The van der Waals surface area contributed by atoms with Gasteiger partial charge < -0.3 is 5.32 Å². The Balaban J connectivity index is 2.39. The molecule has 0 aliphatic rings. The van der Waals surface area contributed by atoms with Crippen molar-refractivity contribution in [1.29, 1.82) is 0 Å². The van der Waals surface area contributed by atoms with Gasteiger partial charge in [-0.1, -0.05) is 80.9 Å². The van der Waals surface area contributed by atoms with Gasteiger partial charge >= 0.3 is 0 Å². The van der Waals surface area contributed by atoms with E-state index in [1.54, 1.807) is 0 Å². The Morgan fingerprint density at radius 2 is 1.55 bits per heavy atom. The molecule has 0 amide bonds. The lowest BCUT2D eigenvalue weighted by molar-refractivity contribution is 0.354. The van der Waals surface area contributed by atoms with E-state index in [4.69, 9.17) is 0 Å². The van der Waals surface area contributed by atoms with Crippen LogP contribution in [0.4, 0.5) is 0 Å². The lowest BCUT2D eigenvalue weighted by Crippen LogP contribution is -2.37. The molecule has 0 aromatic heterocycles. The van der Waals surface area contributed by atoms with Gasteiger partial charge in [0.15, 0.2) is 0 Å². The van der Waals surface area contributed by atoms with E-state index in [2.05, 4.69) is 87.6 Å². The van der Waals surface area contributed by atoms with E-state index in [-0.39, 0.29) is 5.41 Å². The number of rotatable bonds is 5. The molecule has 0 saturated carbocycles. The molecule has 0 fully saturated rings. The molecule has 1 N–H and O–H groups in total. The van der Waals surface area contributed by atoms with Crippen LogP contribution in [0.2, 0.25) is 0 Å². The van der Waals surface area contributed by atoms with Crippen molar-refractivity contribution in [2.75, 3.05) is 6.54 Å². The number of aryl methyl sites for hydroxylation is 1. The Hall–Kier alpha value is -1.60. The summed E-state index contributed by atoms with van der Waals surface area (Å²) in [6.45, 7) is 9.90. The molecule has 1 atom stereocenters. The van der Waals surface area contributed by atoms with Crippen molar-refractivity contribution in [2.24, 2.45) is 0 Å². The molecule has 0 aliphatic heterocycles. The first-order chi connectivity index (χ1) is 9.55. The molecule has 0 heterocycles. The third-order valence-electron chi connectivity index (χ3n) is 4.06. The second kappa shape index (κ2) is 6.23. The average Bonchev–Trinajstić information content (AvgIpc) is 2.47. The van der Waals surface area contributed by atoms with Crippen LogP contribution in [-0.4, -0.2) is 6.54 Å². The van der Waals surface area contributed by atoms with E-state index < -0.39 is 0 Å². The third kappa shape index (κ3) is 3.10. The van der Waals surface area contributed by atoms with Crippen molar-refractivity contribution in [3.63, 3.8) is 0 Å². The smallest absolute Gasteiger partial charge is 0.0412 e. The van der Waals surface area contributed by atoms with Crippen LogP contribution in [0.3, 0.4) is 0 Å². The lowest BCUT2D eigenvalue weighted by Gasteiger charge is -2.36. The summed E-state index contributed by atoms with van der Waals surface area (Å²) in [5.74, 6) is 0. The molecule has 0 saturated heterocycles. The van der Waals surface area contributed by atoms with Crippen LogP contribution in [0, 0.1) is 6.92 Å². The summed E-state index contributed by atoms with van der Waals surface area (Å²) in [6, 6.07) is 20.0. The fraction of sp³-hybridized carbons (Fsp3) is 0.368. The van der Waals surface area contributed by atoms with Gasteiger partial charge in [-0.25, -0.2) is 0 Å². The summed E-state index contributed by atoms with van der Waals surface area (Å²) in [4.78, 5) is 0. The standard InChI is InChI=1S/C19H25N/c1-5-20-18(16-13-11-15(2)12-14-16)19(3,4)17-9-7-6-8-10-17/h6-14,18,20H,5H2,1-4H3. The second-order valence-electron chi connectivity index (χ2n) is 5.99. The molecule has 0 aliphatic carbocycles. The van der Waals surface area contributed by atoms with E-state index in [0.717, 1.165) is 6.54 Å². The Labute approximate surface area is 123 Å². The number of benzene rings is 2. The third-order valence-corrected chi connectivity index (χ3v) is 4.06. The van der Waals surface area contributed by atoms with Gasteiger partial charge in [-0.05, 0) is 24.6 Å². The number of nitrogens with one attached hydrogen (secondary N) is 1. The first-order valence-electron chi connectivity index (χ1n) is 7.41. The second-order valence-corrected chi connectivity index (χ2v) is 5.99. The van der Waals surface area contributed by atoms with Gasteiger partial charge in [0.25, 0.3) is 0 Å². The van der Waals surface area contributed by atoms with Crippen molar-refractivity contribution in [3.8, 4) is 0 Å². The Bertz CT molecular complexity index is 525. The number of hydrogen-bond donors (Lipinski definition) is 1. The first kappa shape index (κ1) is 14.8. The molecule has 0 radical (unpaired) electrons. The van der Waals surface area contributed by atoms with Crippen LogP contribution in [0.25, 0.3) is 0 Å². The van der Waals surface area contributed by atoms with Crippen LogP contribution in [-0.2, 0) is 5.41 Å². The Kier molecular flexibility index (Phi) is 4.61. The molecule has 1 nitrogen and oxygen atoms in total. The largest absolute Gasteiger partial charge is 0.309 e. The summed E-state index contributed by atoms with van der Waals surface area (Å²) in [7, 11) is 0.